The topological polar surface area (TPSA) is 56.8 Å². The van der Waals surface area contributed by atoms with Crippen molar-refractivity contribution in [3.8, 4) is 5.75 Å². The van der Waals surface area contributed by atoms with Crippen LogP contribution in [0.1, 0.15) is 18.4 Å². The van der Waals surface area contributed by atoms with Crippen LogP contribution in [0.3, 0.4) is 0 Å². The molecule has 8 heteroatoms. The van der Waals surface area contributed by atoms with E-state index in [0.717, 1.165) is 12.1 Å². The Bertz CT molecular complexity index is 557. The van der Waals surface area contributed by atoms with Crippen molar-refractivity contribution in [3.05, 3.63) is 23.8 Å². The molecule has 1 heterocycles. The maximum Gasteiger partial charge on any atom is 0.416 e. The number of amides is 1. The molecule has 1 amide bonds. The summed E-state index contributed by atoms with van der Waals surface area (Å²) < 4.78 is 54.2. The van der Waals surface area contributed by atoms with E-state index in [2.05, 4.69) is 5.32 Å². The Balaban J connectivity index is 2.17. The monoisotopic (exact) mass is 347 g/mol. The van der Waals surface area contributed by atoms with E-state index >= 15 is 0 Å². The largest absolute Gasteiger partial charge is 0.489 e. The van der Waals surface area contributed by atoms with Crippen LogP contribution in [-0.4, -0.2) is 39.4 Å². The van der Waals surface area contributed by atoms with Gasteiger partial charge in [-0.2, -0.15) is 13.2 Å². The molecule has 0 unspecified atom stereocenters. The van der Waals surface area contributed by atoms with Gasteiger partial charge in [0, 0.05) is 26.2 Å². The molecule has 2 rings (SSSR count). The Hall–Kier alpha value is -1.80. The number of carbonyl (C=O) groups excluding carboxylic acids is 1. The van der Waals surface area contributed by atoms with E-state index in [0.29, 0.717) is 26.1 Å². The summed E-state index contributed by atoms with van der Waals surface area (Å²) in [4.78, 5) is 12.3. The first kappa shape index (κ1) is 18.5. The Kier molecular flexibility index (Phi) is 6.44. The molecule has 1 aromatic rings. The summed E-state index contributed by atoms with van der Waals surface area (Å²) in [6.45, 7) is 1.39. The van der Waals surface area contributed by atoms with E-state index in [9.17, 15) is 18.0 Å². The minimum absolute atomic E-state index is 0.0115. The lowest BCUT2D eigenvalue weighted by molar-refractivity contribution is -0.137. The highest BCUT2D eigenvalue weighted by Crippen LogP contribution is 2.35. The van der Waals surface area contributed by atoms with Gasteiger partial charge in [-0.3, -0.25) is 4.79 Å². The third-order valence-corrected chi connectivity index (χ3v) is 3.70. The highest BCUT2D eigenvalue weighted by Gasteiger charge is 2.32. The smallest absolute Gasteiger partial charge is 0.416 e. The van der Waals surface area contributed by atoms with Crippen LogP contribution in [0.2, 0.25) is 0 Å². The van der Waals surface area contributed by atoms with Gasteiger partial charge >= 0.3 is 6.18 Å². The predicted octanol–water partition coefficient (Wildman–Crippen LogP) is 3.10. The number of hydrogen-bond acceptors (Lipinski definition) is 4. The zero-order valence-electron chi connectivity index (χ0n) is 13.3. The maximum atomic E-state index is 12.9. The van der Waals surface area contributed by atoms with Gasteiger partial charge in [0.2, 0.25) is 5.91 Å². The van der Waals surface area contributed by atoms with Crippen LogP contribution in [0.25, 0.3) is 0 Å². The van der Waals surface area contributed by atoms with Gasteiger partial charge in [-0.1, -0.05) is 0 Å². The number of halogens is 3. The lowest BCUT2D eigenvalue weighted by Crippen LogP contribution is -2.28. The number of alkyl halides is 3. The minimum atomic E-state index is -4.50. The fourth-order valence-electron chi connectivity index (χ4n) is 2.36. The van der Waals surface area contributed by atoms with Crippen LogP contribution in [0.4, 0.5) is 18.9 Å². The quantitative estimate of drug-likeness (QED) is 0.804. The number of nitrogens with one attached hydrogen (secondary N) is 1. The number of carbonyl (C=O) groups is 1. The average molecular weight is 347 g/mol. The minimum Gasteiger partial charge on any atom is -0.489 e. The Morgan fingerprint density at radius 1 is 1.29 bits per heavy atom. The molecule has 0 spiro atoms. The van der Waals surface area contributed by atoms with Crippen LogP contribution >= 0.6 is 0 Å². The predicted molar refractivity (Wildman–Crippen MR) is 81.0 cm³/mol. The molecule has 5 nitrogen and oxygen atoms in total. The van der Waals surface area contributed by atoms with Gasteiger partial charge in [-0.05, 0) is 31.0 Å². The normalized spacial score (nSPS) is 16.0. The third kappa shape index (κ3) is 5.10. The summed E-state index contributed by atoms with van der Waals surface area (Å²) in [5, 5.41) is 2.56. The van der Waals surface area contributed by atoms with Crippen molar-refractivity contribution in [2.45, 2.75) is 19.0 Å². The van der Waals surface area contributed by atoms with Gasteiger partial charge < -0.3 is 19.5 Å². The molecule has 0 aromatic heterocycles. The van der Waals surface area contributed by atoms with Crippen LogP contribution in [-0.2, 0) is 20.4 Å². The Labute approximate surface area is 138 Å². The number of ether oxygens (including phenoxy) is 3. The zero-order valence-corrected chi connectivity index (χ0v) is 13.3. The first-order valence-corrected chi connectivity index (χ1v) is 7.63. The first-order chi connectivity index (χ1) is 11.4. The molecule has 0 radical (unpaired) electrons. The van der Waals surface area contributed by atoms with E-state index < -0.39 is 11.7 Å². The van der Waals surface area contributed by atoms with Crippen molar-refractivity contribution < 1.29 is 32.2 Å². The molecular weight excluding hydrogens is 327 g/mol. The van der Waals surface area contributed by atoms with Gasteiger partial charge in [-0.25, -0.2) is 0 Å². The summed E-state index contributed by atoms with van der Waals surface area (Å²) in [5.74, 6) is -0.421. The Morgan fingerprint density at radius 3 is 2.62 bits per heavy atom. The highest BCUT2D eigenvalue weighted by molar-refractivity contribution is 5.94. The fourth-order valence-corrected chi connectivity index (χ4v) is 2.36. The molecule has 1 N–H and O–H groups in total. The zero-order chi connectivity index (χ0) is 17.6. The summed E-state index contributed by atoms with van der Waals surface area (Å²) in [7, 11) is 1.49. The lowest BCUT2D eigenvalue weighted by atomic mass is 9.99. The van der Waals surface area contributed by atoms with Crippen LogP contribution in [0.5, 0.6) is 5.75 Å². The molecule has 24 heavy (non-hydrogen) atoms. The number of benzene rings is 1. The molecule has 0 aliphatic carbocycles. The standard InChI is InChI=1S/C16H20F3NO4/c1-22-8-9-24-14-3-2-12(16(17,18)19)10-13(14)20-15(21)11-4-6-23-7-5-11/h2-3,10-11H,4-9H2,1H3,(H,20,21). The second-order valence-corrected chi connectivity index (χ2v) is 5.43. The van der Waals surface area contributed by atoms with Crippen LogP contribution < -0.4 is 10.1 Å². The van der Waals surface area contributed by atoms with E-state index in [1.165, 1.54) is 13.2 Å². The van der Waals surface area contributed by atoms with Crippen molar-refractivity contribution >= 4 is 11.6 Å². The molecule has 1 aromatic carbocycles. The highest BCUT2D eigenvalue weighted by atomic mass is 19.4. The molecule has 1 aliphatic rings. The summed E-state index contributed by atoms with van der Waals surface area (Å²) in [6, 6.07) is 3.02. The number of hydrogen-bond donors (Lipinski definition) is 1. The number of anilines is 1. The summed E-state index contributed by atoms with van der Waals surface area (Å²) in [5.41, 5.74) is -0.832. The molecule has 0 saturated carbocycles. The van der Waals surface area contributed by atoms with Crippen LogP contribution in [0.15, 0.2) is 18.2 Å². The van der Waals surface area contributed by atoms with Crippen LogP contribution in [0, 0.1) is 5.92 Å². The van der Waals surface area contributed by atoms with E-state index in [4.69, 9.17) is 14.2 Å². The fraction of sp³-hybridized carbons (Fsp3) is 0.562. The molecular formula is C16H20F3NO4. The summed E-state index contributed by atoms with van der Waals surface area (Å²) in [6.07, 6.45) is -3.40. The second-order valence-electron chi connectivity index (χ2n) is 5.43. The molecule has 134 valence electrons. The number of methoxy groups -OCH3 is 1. The molecule has 0 atom stereocenters. The van der Waals surface area contributed by atoms with Gasteiger partial charge in [-0.15, -0.1) is 0 Å². The van der Waals surface area contributed by atoms with Crippen molar-refractivity contribution in [3.63, 3.8) is 0 Å². The second kappa shape index (κ2) is 8.34. The van der Waals surface area contributed by atoms with E-state index in [1.54, 1.807) is 0 Å². The van der Waals surface area contributed by atoms with Crippen molar-refractivity contribution in [2.75, 3.05) is 38.9 Å². The van der Waals surface area contributed by atoms with Gasteiger partial charge in [0.25, 0.3) is 0 Å². The summed E-state index contributed by atoms with van der Waals surface area (Å²) >= 11 is 0. The van der Waals surface area contributed by atoms with Crippen molar-refractivity contribution in [2.24, 2.45) is 5.92 Å². The maximum absolute atomic E-state index is 12.9. The third-order valence-electron chi connectivity index (χ3n) is 3.70. The molecule has 0 bridgehead atoms. The Morgan fingerprint density at radius 2 is 2.00 bits per heavy atom. The van der Waals surface area contributed by atoms with E-state index in [1.807, 2.05) is 0 Å². The van der Waals surface area contributed by atoms with Crippen molar-refractivity contribution in [1.29, 1.82) is 0 Å². The van der Waals surface area contributed by atoms with Gasteiger partial charge in [0.15, 0.2) is 0 Å². The van der Waals surface area contributed by atoms with E-state index in [-0.39, 0.29) is 36.5 Å². The van der Waals surface area contributed by atoms with Crippen molar-refractivity contribution in [1.82, 2.24) is 0 Å². The van der Waals surface area contributed by atoms with Gasteiger partial charge in [0.05, 0.1) is 17.9 Å². The first-order valence-electron chi connectivity index (χ1n) is 7.63. The average Bonchev–Trinajstić information content (AvgIpc) is 2.56. The molecule has 1 saturated heterocycles. The van der Waals surface area contributed by atoms with Gasteiger partial charge in [0.1, 0.15) is 12.4 Å². The number of rotatable bonds is 6. The molecule has 1 aliphatic heterocycles. The lowest BCUT2D eigenvalue weighted by Gasteiger charge is -2.22. The SMILES string of the molecule is COCCOc1ccc(C(F)(F)F)cc1NC(=O)C1CCOCC1. The molecule has 1 fully saturated rings.